The first-order chi connectivity index (χ1) is 10.8. The number of amides is 1. The average Bonchev–Trinajstić information content (AvgIpc) is 2.91. The van der Waals surface area contributed by atoms with Gasteiger partial charge in [-0.05, 0) is 31.0 Å². The Bertz CT molecular complexity index is 658. The standard InChI is InChI=1S/C16H23NO5S/c1-12(22-10-13-5-4-6-15(9-13)21-3)16(18)17(2)14-7-8-23(19,20)11-14/h4-6,9,12,14H,7-8,10-11H2,1-3H3/t12-,14-/m1/s1. The zero-order valence-corrected chi connectivity index (χ0v) is 14.5. The number of hydrogen-bond acceptors (Lipinski definition) is 5. The number of likely N-dealkylation sites (N-methyl/N-ethyl adjacent to an activating group) is 1. The van der Waals surface area contributed by atoms with Crippen molar-refractivity contribution in [2.24, 2.45) is 0 Å². The molecule has 0 bridgehead atoms. The van der Waals surface area contributed by atoms with Crippen LogP contribution < -0.4 is 4.74 Å². The molecule has 0 radical (unpaired) electrons. The van der Waals surface area contributed by atoms with Gasteiger partial charge in [0, 0.05) is 13.1 Å². The van der Waals surface area contributed by atoms with Crippen molar-refractivity contribution in [2.75, 3.05) is 25.7 Å². The molecule has 128 valence electrons. The van der Waals surface area contributed by atoms with Gasteiger partial charge in [0.25, 0.3) is 5.91 Å². The molecule has 0 unspecified atom stereocenters. The molecule has 2 atom stereocenters. The van der Waals surface area contributed by atoms with Gasteiger partial charge >= 0.3 is 0 Å². The fraction of sp³-hybridized carbons (Fsp3) is 0.562. The van der Waals surface area contributed by atoms with E-state index in [0.29, 0.717) is 13.0 Å². The van der Waals surface area contributed by atoms with Crippen LogP contribution in [-0.2, 0) is 26.0 Å². The van der Waals surface area contributed by atoms with Crippen molar-refractivity contribution in [3.05, 3.63) is 29.8 Å². The highest BCUT2D eigenvalue weighted by Gasteiger charge is 2.34. The quantitative estimate of drug-likeness (QED) is 0.778. The molecule has 0 N–H and O–H groups in total. The number of benzene rings is 1. The van der Waals surface area contributed by atoms with E-state index in [4.69, 9.17) is 9.47 Å². The summed E-state index contributed by atoms with van der Waals surface area (Å²) in [5.74, 6) is 0.722. The fourth-order valence-corrected chi connectivity index (χ4v) is 4.38. The number of rotatable bonds is 6. The van der Waals surface area contributed by atoms with Crippen molar-refractivity contribution >= 4 is 15.7 Å². The fourth-order valence-electron chi connectivity index (χ4n) is 2.60. The molecule has 1 heterocycles. The summed E-state index contributed by atoms with van der Waals surface area (Å²) in [5.41, 5.74) is 0.912. The van der Waals surface area contributed by atoms with E-state index in [2.05, 4.69) is 0 Å². The first-order valence-electron chi connectivity index (χ1n) is 7.54. The van der Waals surface area contributed by atoms with E-state index >= 15 is 0 Å². The van der Waals surface area contributed by atoms with Crippen LogP contribution in [0.3, 0.4) is 0 Å². The molecule has 1 aromatic rings. The van der Waals surface area contributed by atoms with Crippen LogP contribution in [0.25, 0.3) is 0 Å². The molecule has 1 aliphatic heterocycles. The SMILES string of the molecule is COc1cccc(CO[C@H](C)C(=O)N(C)[C@@H]2CCS(=O)(=O)C2)c1. The maximum absolute atomic E-state index is 12.4. The van der Waals surface area contributed by atoms with Crippen molar-refractivity contribution in [3.63, 3.8) is 0 Å². The monoisotopic (exact) mass is 341 g/mol. The van der Waals surface area contributed by atoms with E-state index in [1.807, 2.05) is 24.3 Å². The number of sulfone groups is 1. The van der Waals surface area contributed by atoms with Gasteiger partial charge in [0.2, 0.25) is 0 Å². The Labute approximate surface area is 137 Å². The van der Waals surface area contributed by atoms with Crippen LogP contribution in [0.2, 0.25) is 0 Å². The van der Waals surface area contributed by atoms with Gasteiger partial charge in [-0.3, -0.25) is 4.79 Å². The highest BCUT2D eigenvalue weighted by atomic mass is 32.2. The molecule has 0 aromatic heterocycles. The molecular weight excluding hydrogens is 318 g/mol. The van der Waals surface area contributed by atoms with Crippen LogP contribution in [0.1, 0.15) is 18.9 Å². The first kappa shape index (κ1) is 17.7. The summed E-state index contributed by atoms with van der Waals surface area (Å²) < 4.78 is 33.8. The summed E-state index contributed by atoms with van der Waals surface area (Å²) in [7, 11) is 0.221. The Morgan fingerprint density at radius 2 is 2.17 bits per heavy atom. The molecule has 0 spiro atoms. The minimum atomic E-state index is -3.01. The Balaban J connectivity index is 1.89. The largest absolute Gasteiger partial charge is 0.497 e. The second-order valence-corrected chi connectivity index (χ2v) is 8.04. The summed E-state index contributed by atoms with van der Waals surface area (Å²) in [6.07, 6.45) is -0.137. The van der Waals surface area contributed by atoms with Crippen molar-refractivity contribution in [3.8, 4) is 5.75 Å². The van der Waals surface area contributed by atoms with Gasteiger partial charge in [-0.2, -0.15) is 0 Å². The lowest BCUT2D eigenvalue weighted by Gasteiger charge is -2.26. The van der Waals surface area contributed by atoms with Gasteiger partial charge in [0.05, 0.1) is 25.2 Å². The lowest BCUT2D eigenvalue weighted by atomic mass is 10.2. The molecule has 1 saturated heterocycles. The van der Waals surface area contributed by atoms with E-state index < -0.39 is 15.9 Å². The Morgan fingerprint density at radius 1 is 1.43 bits per heavy atom. The molecule has 6 nitrogen and oxygen atoms in total. The number of ether oxygens (including phenoxy) is 2. The molecule has 1 aliphatic rings. The van der Waals surface area contributed by atoms with Crippen LogP contribution in [-0.4, -0.2) is 57.0 Å². The Kier molecular flexibility index (Phi) is 5.64. The van der Waals surface area contributed by atoms with Crippen LogP contribution in [0.5, 0.6) is 5.75 Å². The lowest BCUT2D eigenvalue weighted by Crippen LogP contribution is -2.43. The first-order valence-corrected chi connectivity index (χ1v) is 9.36. The topological polar surface area (TPSA) is 72.9 Å². The van der Waals surface area contributed by atoms with Crippen LogP contribution in [0.4, 0.5) is 0 Å². The summed E-state index contributed by atoms with van der Waals surface area (Å²) in [6.45, 7) is 1.98. The maximum atomic E-state index is 12.4. The number of carbonyl (C=O) groups is 1. The van der Waals surface area contributed by atoms with Gasteiger partial charge < -0.3 is 14.4 Å². The maximum Gasteiger partial charge on any atom is 0.251 e. The lowest BCUT2D eigenvalue weighted by molar-refractivity contribution is -0.143. The molecule has 1 amide bonds. The average molecular weight is 341 g/mol. The van der Waals surface area contributed by atoms with E-state index in [-0.39, 0.29) is 23.5 Å². The van der Waals surface area contributed by atoms with Crippen LogP contribution >= 0.6 is 0 Å². The summed E-state index contributed by atoms with van der Waals surface area (Å²) in [5, 5.41) is 0. The number of hydrogen-bond donors (Lipinski definition) is 0. The Morgan fingerprint density at radius 3 is 2.78 bits per heavy atom. The normalized spacial score (nSPS) is 20.9. The molecule has 1 aromatic carbocycles. The molecule has 23 heavy (non-hydrogen) atoms. The molecule has 0 saturated carbocycles. The number of carbonyl (C=O) groups excluding carboxylic acids is 1. The third-order valence-corrected chi connectivity index (χ3v) is 5.84. The van der Waals surface area contributed by atoms with E-state index in [0.717, 1.165) is 11.3 Å². The van der Waals surface area contributed by atoms with Gasteiger partial charge in [0.1, 0.15) is 11.9 Å². The van der Waals surface area contributed by atoms with Gasteiger partial charge in [-0.1, -0.05) is 12.1 Å². The predicted octanol–water partition coefficient (Wildman–Crippen LogP) is 1.25. The van der Waals surface area contributed by atoms with Crippen molar-refractivity contribution < 1.29 is 22.7 Å². The van der Waals surface area contributed by atoms with Crippen molar-refractivity contribution in [1.29, 1.82) is 0 Å². The third-order valence-electron chi connectivity index (χ3n) is 4.09. The third kappa shape index (κ3) is 4.68. The van der Waals surface area contributed by atoms with Gasteiger partial charge in [0.15, 0.2) is 9.84 Å². The van der Waals surface area contributed by atoms with Crippen LogP contribution in [0, 0.1) is 0 Å². The van der Waals surface area contributed by atoms with E-state index in [9.17, 15) is 13.2 Å². The van der Waals surface area contributed by atoms with Gasteiger partial charge in [-0.15, -0.1) is 0 Å². The zero-order chi connectivity index (χ0) is 17.0. The second-order valence-electron chi connectivity index (χ2n) is 5.81. The highest BCUT2D eigenvalue weighted by molar-refractivity contribution is 7.91. The zero-order valence-electron chi connectivity index (χ0n) is 13.7. The second kappa shape index (κ2) is 7.31. The van der Waals surface area contributed by atoms with E-state index in [1.165, 1.54) is 4.90 Å². The summed E-state index contributed by atoms with van der Waals surface area (Å²) >= 11 is 0. The molecular formula is C16H23NO5S. The summed E-state index contributed by atoms with van der Waals surface area (Å²) in [6, 6.07) is 7.19. The number of nitrogens with zero attached hydrogens (tertiary/aromatic N) is 1. The minimum Gasteiger partial charge on any atom is -0.497 e. The molecule has 1 fully saturated rings. The van der Waals surface area contributed by atoms with Gasteiger partial charge in [-0.25, -0.2) is 8.42 Å². The number of methoxy groups -OCH3 is 1. The van der Waals surface area contributed by atoms with Crippen molar-refractivity contribution in [2.45, 2.75) is 32.1 Å². The van der Waals surface area contributed by atoms with E-state index in [1.54, 1.807) is 21.1 Å². The summed E-state index contributed by atoms with van der Waals surface area (Å²) in [4.78, 5) is 13.9. The minimum absolute atomic E-state index is 0.0395. The molecule has 7 heteroatoms. The highest BCUT2D eigenvalue weighted by Crippen LogP contribution is 2.18. The molecule has 2 rings (SSSR count). The molecule has 0 aliphatic carbocycles. The van der Waals surface area contributed by atoms with Crippen LogP contribution in [0.15, 0.2) is 24.3 Å². The smallest absolute Gasteiger partial charge is 0.251 e. The van der Waals surface area contributed by atoms with Crippen molar-refractivity contribution in [1.82, 2.24) is 4.90 Å². The predicted molar refractivity (Wildman–Crippen MR) is 87.1 cm³/mol. The Hall–Kier alpha value is -1.60.